The van der Waals surface area contributed by atoms with E-state index in [0.29, 0.717) is 0 Å². The van der Waals surface area contributed by atoms with E-state index in [-0.39, 0.29) is 0 Å². The summed E-state index contributed by atoms with van der Waals surface area (Å²) in [6.07, 6.45) is 6.25. The van der Waals surface area contributed by atoms with Crippen LogP contribution in [0.5, 0.6) is 0 Å². The first-order chi connectivity index (χ1) is 6.66. The lowest BCUT2D eigenvalue weighted by Gasteiger charge is -1.96. The molecule has 1 aliphatic heterocycles. The second kappa shape index (κ2) is 3.29. The van der Waals surface area contributed by atoms with Gasteiger partial charge >= 0.3 is 0 Å². The molecule has 0 spiro atoms. The first-order valence-electron chi connectivity index (χ1n) is 4.74. The van der Waals surface area contributed by atoms with E-state index >= 15 is 0 Å². The Hall–Kier alpha value is -1.57. The Kier molecular flexibility index (Phi) is 2.12. The zero-order valence-electron chi connectivity index (χ0n) is 8.78. The van der Waals surface area contributed by atoms with Gasteiger partial charge in [-0.15, -0.1) is 0 Å². The quantitative estimate of drug-likeness (QED) is 0.641. The number of aryl methyl sites for hydroxylation is 1. The molecule has 2 rings (SSSR count). The molecule has 0 bridgehead atoms. The average molecular weight is 186 g/mol. The van der Waals surface area contributed by atoms with Crippen LogP contribution in [0.3, 0.4) is 0 Å². The van der Waals surface area contributed by atoms with Gasteiger partial charge in [0.1, 0.15) is 0 Å². The van der Waals surface area contributed by atoms with Gasteiger partial charge in [-0.25, -0.2) is 0 Å². The van der Waals surface area contributed by atoms with Crippen LogP contribution >= 0.6 is 0 Å². The van der Waals surface area contributed by atoms with Crippen LogP contribution in [0.1, 0.15) is 19.5 Å². The van der Waals surface area contributed by atoms with Crippen molar-refractivity contribution in [1.29, 1.82) is 0 Å². The number of hydrogen-bond acceptors (Lipinski definition) is 1. The number of rotatable bonds is 1. The van der Waals surface area contributed by atoms with Crippen LogP contribution in [0.15, 0.2) is 40.7 Å². The summed E-state index contributed by atoms with van der Waals surface area (Å²) in [6, 6.07) is 4.12. The molecule has 0 N–H and O–H groups in total. The smallest absolute Gasteiger partial charge is 0.0656 e. The van der Waals surface area contributed by atoms with E-state index in [2.05, 4.69) is 34.7 Å². The Morgan fingerprint density at radius 1 is 1.36 bits per heavy atom. The Bertz CT molecular complexity index is 425. The fourth-order valence-corrected chi connectivity index (χ4v) is 1.49. The number of nitrogens with zero attached hydrogens (tertiary/aromatic N) is 2. The maximum absolute atomic E-state index is 4.46. The average Bonchev–Trinajstić information content (AvgIpc) is 2.63. The second-order valence-electron chi connectivity index (χ2n) is 3.64. The molecule has 0 fully saturated rings. The Morgan fingerprint density at radius 2 is 2.14 bits per heavy atom. The van der Waals surface area contributed by atoms with Crippen LogP contribution in [0.4, 0.5) is 0 Å². The minimum atomic E-state index is 1.04. The molecule has 0 saturated heterocycles. The summed E-state index contributed by atoms with van der Waals surface area (Å²) in [5, 5.41) is 0. The van der Waals surface area contributed by atoms with Gasteiger partial charge in [0, 0.05) is 24.7 Å². The molecule has 0 aromatic carbocycles. The molecule has 0 saturated carbocycles. The highest BCUT2D eigenvalue weighted by Crippen LogP contribution is 2.18. The Balaban J connectivity index is 2.35. The first kappa shape index (κ1) is 9.00. The van der Waals surface area contributed by atoms with Crippen LogP contribution < -0.4 is 0 Å². The Labute approximate surface area is 84.3 Å². The van der Waals surface area contributed by atoms with Crippen molar-refractivity contribution in [3.8, 4) is 0 Å². The maximum atomic E-state index is 4.46. The highest BCUT2D eigenvalue weighted by molar-refractivity contribution is 6.01. The largest absolute Gasteiger partial charge is 0.351 e. The van der Waals surface area contributed by atoms with Crippen molar-refractivity contribution in [3.63, 3.8) is 0 Å². The van der Waals surface area contributed by atoms with E-state index in [4.69, 9.17) is 0 Å². The second-order valence-corrected chi connectivity index (χ2v) is 3.64. The van der Waals surface area contributed by atoms with Gasteiger partial charge in [0.25, 0.3) is 0 Å². The molecule has 0 radical (unpaired) electrons. The van der Waals surface area contributed by atoms with Crippen molar-refractivity contribution >= 4 is 11.8 Å². The molecule has 1 aromatic heterocycles. The van der Waals surface area contributed by atoms with Crippen molar-refractivity contribution < 1.29 is 0 Å². The van der Waals surface area contributed by atoms with Gasteiger partial charge in [0.2, 0.25) is 0 Å². The number of allylic oxidation sites excluding steroid dienone is 2. The fraction of sp³-hybridized carbons (Fsp3) is 0.250. The molecule has 1 aromatic rings. The van der Waals surface area contributed by atoms with E-state index in [0.717, 1.165) is 11.4 Å². The minimum Gasteiger partial charge on any atom is -0.351 e. The lowest BCUT2D eigenvalue weighted by molar-refractivity contribution is 0.914. The summed E-state index contributed by atoms with van der Waals surface area (Å²) in [7, 11) is 2.04. The predicted octanol–water partition coefficient (Wildman–Crippen LogP) is 2.79. The van der Waals surface area contributed by atoms with Crippen LogP contribution in [0.2, 0.25) is 0 Å². The highest BCUT2D eigenvalue weighted by atomic mass is 14.9. The zero-order chi connectivity index (χ0) is 10.1. The van der Waals surface area contributed by atoms with Gasteiger partial charge < -0.3 is 4.57 Å². The summed E-state index contributed by atoms with van der Waals surface area (Å²) in [4.78, 5) is 4.46. The molecule has 2 nitrogen and oxygen atoms in total. The number of aliphatic imine (C=N–C) groups is 1. The zero-order valence-corrected chi connectivity index (χ0v) is 8.78. The van der Waals surface area contributed by atoms with Crippen molar-refractivity contribution in [2.24, 2.45) is 12.0 Å². The molecule has 0 unspecified atom stereocenters. The SMILES string of the molecule is CC1=CC(=Cc2cccn2C)N=C1C. The molecule has 2 heterocycles. The van der Waals surface area contributed by atoms with Gasteiger partial charge in [0.05, 0.1) is 5.70 Å². The predicted molar refractivity (Wildman–Crippen MR) is 60.3 cm³/mol. The summed E-state index contributed by atoms with van der Waals surface area (Å²) in [5.41, 5.74) is 4.60. The number of hydrogen-bond donors (Lipinski definition) is 0. The van der Waals surface area contributed by atoms with Crippen molar-refractivity contribution in [1.82, 2.24) is 4.57 Å². The summed E-state index contributed by atoms with van der Waals surface area (Å²) in [6.45, 7) is 4.13. The maximum Gasteiger partial charge on any atom is 0.0656 e. The summed E-state index contributed by atoms with van der Waals surface area (Å²) < 4.78 is 2.08. The van der Waals surface area contributed by atoms with Crippen molar-refractivity contribution in [2.75, 3.05) is 0 Å². The summed E-state index contributed by atoms with van der Waals surface area (Å²) >= 11 is 0. The van der Waals surface area contributed by atoms with E-state index in [1.807, 2.05) is 26.2 Å². The van der Waals surface area contributed by atoms with E-state index in [1.54, 1.807) is 0 Å². The molecule has 0 amide bonds. The lowest BCUT2D eigenvalue weighted by Crippen LogP contribution is -1.87. The van der Waals surface area contributed by atoms with Crippen LogP contribution in [0, 0.1) is 0 Å². The normalized spacial score (nSPS) is 18.6. The first-order valence-corrected chi connectivity index (χ1v) is 4.74. The molecular formula is C12H14N2. The monoisotopic (exact) mass is 186 g/mol. The molecule has 1 aliphatic rings. The fourth-order valence-electron chi connectivity index (χ4n) is 1.49. The highest BCUT2D eigenvalue weighted by Gasteiger charge is 2.06. The third-order valence-corrected chi connectivity index (χ3v) is 2.51. The third kappa shape index (κ3) is 1.55. The van der Waals surface area contributed by atoms with Crippen LogP contribution in [-0.2, 0) is 7.05 Å². The summed E-state index contributed by atoms with van der Waals surface area (Å²) in [5.74, 6) is 0. The van der Waals surface area contributed by atoms with Crippen molar-refractivity contribution in [3.05, 3.63) is 41.4 Å². The molecule has 0 atom stereocenters. The lowest BCUT2D eigenvalue weighted by atomic mass is 10.2. The van der Waals surface area contributed by atoms with Gasteiger partial charge in [-0.2, -0.15) is 0 Å². The van der Waals surface area contributed by atoms with Crippen molar-refractivity contribution in [2.45, 2.75) is 13.8 Å². The third-order valence-electron chi connectivity index (χ3n) is 2.51. The van der Waals surface area contributed by atoms with Gasteiger partial charge in [0.15, 0.2) is 0 Å². The standard InChI is InChI=1S/C12H14N2/c1-9-7-11(13-10(9)2)8-12-5-4-6-14(12)3/h4-8H,1-3H3. The molecule has 0 aliphatic carbocycles. The Morgan fingerprint density at radius 3 is 2.64 bits per heavy atom. The van der Waals surface area contributed by atoms with E-state index < -0.39 is 0 Å². The van der Waals surface area contributed by atoms with Crippen LogP contribution in [0.25, 0.3) is 6.08 Å². The van der Waals surface area contributed by atoms with E-state index in [1.165, 1.54) is 11.3 Å². The number of aromatic nitrogens is 1. The molecule has 14 heavy (non-hydrogen) atoms. The molecule has 72 valence electrons. The van der Waals surface area contributed by atoms with Gasteiger partial charge in [-0.05, 0) is 43.7 Å². The van der Waals surface area contributed by atoms with Gasteiger partial charge in [-0.3, -0.25) is 4.99 Å². The minimum absolute atomic E-state index is 1.04. The van der Waals surface area contributed by atoms with Crippen LogP contribution in [-0.4, -0.2) is 10.3 Å². The molecule has 2 heteroatoms. The topological polar surface area (TPSA) is 17.3 Å². The van der Waals surface area contributed by atoms with Gasteiger partial charge in [-0.1, -0.05) is 0 Å². The van der Waals surface area contributed by atoms with E-state index in [9.17, 15) is 0 Å². The molecular weight excluding hydrogens is 172 g/mol.